The number of nitrogens with zero attached hydrogens (tertiary/aromatic N) is 3. The van der Waals surface area contributed by atoms with Crippen LogP contribution < -0.4 is 14.8 Å². The van der Waals surface area contributed by atoms with Gasteiger partial charge in [0, 0.05) is 37.2 Å². The molecular formula is C27H36N4O5. The molecule has 194 valence electrons. The third-order valence-corrected chi connectivity index (χ3v) is 5.73. The number of nitrogens with one attached hydrogen (secondary N) is 1. The molecule has 0 unspecified atom stereocenters. The molecular weight excluding hydrogens is 460 g/mol. The van der Waals surface area contributed by atoms with E-state index in [0.717, 1.165) is 16.8 Å². The van der Waals surface area contributed by atoms with Gasteiger partial charge in [0.15, 0.2) is 0 Å². The molecule has 0 bridgehead atoms. The molecule has 0 spiro atoms. The number of hydrogen-bond acceptors (Lipinski definition) is 6. The number of carbonyl (C=O) groups excluding carboxylic acids is 2. The van der Waals surface area contributed by atoms with E-state index in [2.05, 4.69) is 5.32 Å². The number of amides is 3. The fourth-order valence-electron chi connectivity index (χ4n) is 3.96. The Morgan fingerprint density at radius 2 is 1.81 bits per heavy atom. The van der Waals surface area contributed by atoms with Crippen molar-refractivity contribution in [1.82, 2.24) is 15.2 Å². The van der Waals surface area contributed by atoms with Crippen LogP contribution in [-0.4, -0.2) is 74.1 Å². The van der Waals surface area contributed by atoms with Crippen molar-refractivity contribution in [2.24, 2.45) is 5.10 Å². The van der Waals surface area contributed by atoms with Gasteiger partial charge in [-0.1, -0.05) is 30.3 Å². The Kier molecular flexibility index (Phi) is 8.93. The van der Waals surface area contributed by atoms with Crippen molar-refractivity contribution >= 4 is 17.6 Å². The van der Waals surface area contributed by atoms with Gasteiger partial charge in [0.2, 0.25) is 0 Å². The minimum Gasteiger partial charge on any atom is -0.497 e. The first-order chi connectivity index (χ1) is 17.2. The van der Waals surface area contributed by atoms with Gasteiger partial charge in [0.1, 0.15) is 18.0 Å². The monoisotopic (exact) mass is 496 g/mol. The molecule has 9 nitrogen and oxygen atoms in total. The van der Waals surface area contributed by atoms with Crippen molar-refractivity contribution in [2.45, 2.75) is 38.8 Å². The number of hydrazone groups is 1. The predicted molar refractivity (Wildman–Crippen MR) is 138 cm³/mol. The summed E-state index contributed by atoms with van der Waals surface area (Å²) in [7, 11) is 4.75. The maximum absolute atomic E-state index is 13.6. The van der Waals surface area contributed by atoms with Crippen LogP contribution in [-0.2, 0) is 9.53 Å². The van der Waals surface area contributed by atoms with E-state index in [1.807, 2.05) is 63.2 Å². The molecule has 1 aliphatic rings. The van der Waals surface area contributed by atoms with Gasteiger partial charge in [-0.15, -0.1) is 0 Å². The zero-order valence-electron chi connectivity index (χ0n) is 21.9. The Balaban J connectivity index is 1.93. The first-order valence-corrected chi connectivity index (χ1v) is 11.9. The van der Waals surface area contributed by atoms with Crippen LogP contribution in [0.25, 0.3) is 0 Å². The molecule has 0 aromatic heterocycles. The summed E-state index contributed by atoms with van der Waals surface area (Å²) in [5.41, 5.74) is 2.03. The Bertz CT molecular complexity index is 1080. The molecule has 1 heterocycles. The first kappa shape index (κ1) is 27.0. The lowest BCUT2D eigenvalue weighted by Crippen LogP contribution is -2.52. The quantitative estimate of drug-likeness (QED) is 0.570. The van der Waals surface area contributed by atoms with Crippen LogP contribution in [0.15, 0.2) is 53.6 Å². The topological polar surface area (TPSA) is 92.7 Å². The van der Waals surface area contributed by atoms with Crippen molar-refractivity contribution in [2.75, 3.05) is 41.0 Å². The average Bonchev–Trinajstić information content (AvgIpc) is 3.31. The van der Waals surface area contributed by atoms with Crippen LogP contribution >= 0.6 is 0 Å². The maximum atomic E-state index is 13.6. The van der Waals surface area contributed by atoms with Crippen LogP contribution in [0, 0.1) is 0 Å². The molecule has 2 aromatic carbocycles. The zero-order chi connectivity index (χ0) is 26.3. The Hall–Kier alpha value is -3.59. The number of urea groups is 1. The Morgan fingerprint density at radius 3 is 2.42 bits per heavy atom. The molecule has 1 aliphatic heterocycles. The highest BCUT2D eigenvalue weighted by Gasteiger charge is 2.35. The van der Waals surface area contributed by atoms with E-state index in [9.17, 15) is 9.59 Å². The van der Waals surface area contributed by atoms with E-state index in [-0.39, 0.29) is 31.1 Å². The van der Waals surface area contributed by atoms with Gasteiger partial charge in [-0.05, 0) is 38.5 Å². The molecule has 0 saturated carbocycles. The summed E-state index contributed by atoms with van der Waals surface area (Å²) >= 11 is 0. The van der Waals surface area contributed by atoms with Gasteiger partial charge in [-0.2, -0.15) is 5.10 Å². The minimum atomic E-state index is -0.443. The van der Waals surface area contributed by atoms with Gasteiger partial charge >= 0.3 is 6.03 Å². The van der Waals surface area contributed by atoms with Crippen molar-refractivity contribution in [3.8, 4) is 11.5 Å². The van der Waals surface area contributed by atoms with Gasteiger partial charge < -0.3 is 24.4 Å². The lowest BCUT2D eigenvalue weighted by Gasteiger charge is -2.30. The van der Waals surface area contributed by atoms with Crippen LogP contribution in [0.4, 0.5) is 4.79 Å². The molecule has 36 heavy (non-hydrogen) atoms. The second-order valence-electron chi connectivity index (χ2n) is 9.58. The predicted octanol–water partition coefficient (Wildman–Crippen LogP) is 3.84. The second kappa shape index (κ2) is 11.9. The van der Waals surface area contributed by atoms with E-state index < -0.39 is 5.54 Å². The number of ether oxygens (including phenoxy) is 3. The van der Waals surface area contributed by atoms with Crippen molar-refractivity contribution < 1.29 is 23.8 Å². The molecule has 1 atom stereocenters. The van der Waals surface area contributed by atoms with Crippen molar-refractivity contribution in [3.05, 3.63) is 59.7 Å². The molecule has 2 aromatic rings. The summed E-state index contributed by atoms with van der Waals surface area (Å²) in [6.45, 7) is 6.14. The summed E-state index contributed by atoms with van der Waals surface area (Å²) in [5.74, 6) is 0.993. The molecule has 9 heteroatoms. The van der Waals surface area contributed by atoms with E-state index >= 15 is 0 Å². The molecule has 1 N–H and O–H groups in total. The van der Waals surface area contributed by atoms with Gasteiger partial charge in [0.05, 0.1) is 32.6 Å². The third kappa shape index (κ3) is 6.75. The first-order valence-electron chi connectivity index (χ1n) is 11.9. The summed E-state index contributed by atoms with van der Waals surface area (Å²) < 4.78 is 16.1. The largest absolute Gasteiger partial charge is 0.497 e. The standard InChI is InChI=1S/C27H36N4O5/c1-27(2,3)28-26(33)30(14-15-34-4)18-25(32)31-23(19-10-8-7-9-11-19)17-22(29-31)21-13-12-20(35-5)16-24(21)36-6/h7-13,16,23H,14-15,17-18H2,1-6H3,(H,28,33)/t23-/m0/s1. The lowest BCUT2D eigenvalue weighted by molar-refractivity contribution is -0.133. The van der Waals surface area contributed by atoms with E-state index in [1.54, 1.807) is 27.4 Å². The SMILES string of the molecule is COCCN(CC(=O)N1N=C(c2ccc(OC)cc2OC)C[C@H]1c1ccccc1)C(=O)NC(C)(C)C. The van der Waals surface area contributed by atoms with E-state index in [0.29, 0.717) is 24.5 Å². The summed E-state index contributed by atoms with van der Waals surface area (Å²) in [6.07, 6.45) is 0.505. The smallest absolute Gasteiger partial charge is 0.318 e. The van der Waals surface area contributed by atoms with E-state index in [4.69, 9.17) is 19.3 Å². The molecule has 0 fully saturated rings. The third-order valence-electron chi connectivity index (χ3n) is 5.73. The van der Waals surface area contributed by atoms with Gasteiger partial charge in [-0.25, -0.2) is 9.80 Å². The Morgan fingerprint density at radius 1 is 1.08 bits per heavy atom. The molecule has 3 amide bonds. The molecule has 0 aliphatic carbocycles. The molecule has 0 saturated heterocycles. The molecule has 3 rings (SSSR count). The second-order valence-corrected chi connectivity index (χ2v) is 9.58. The Labute approximate surface area is 213 Å². The van der Waals surface area contributed by atoms with Crippen LogP contribution in [0.5, 0.6) is 11.5 Å². The normalized spacial score (nSPS) is 15.3. The number of hydrogen-bond donors (Lipinski definition) is 1. The molecule has 0 radical (unpaired) electrons. The maximum Gasteiger partial charge on any atom is 0.318 e. The van der Waals surface area contributed by atoms with E-state index in [1.165, 1.54) is 9.91 Å². The number of methoxy groups -OCH3 is 3. The highest BCUT2D eigenvalue weighted by atomic mass is 16.5. The number of benzene rings is 2. The van der Waals surface area contributed by atoms with Crippen molar-refractivity contribution in [1.29, 1.82) is 0 Å². The van der Waals surface area contributed by atoms with Gasteiger partial charge in [-0.3, -0.25) is 4.79 Å². The fraction of sp³-hybridized carbons (Fsp3) is 0.444. The van der Waals surface area contributed by atoms with Crippen LogP contribution in [0.3, 0.4) is 0 Å². The van der Waals surface area contributed by atoms with Crippen molar-refractivity contribution in [3.63, 3.8) is 0 Å². The number of rotatable bonds is 9. The lowest BCUT2D eigenvalue weighted by atomic mass is 9.98. The summed E-state index contributed by atoms with van der Waals surface area (Å²) in [4.78, 5) is 28.0. The number of carbonyl (C=O) groups is 2. The highest BCUT2D eigenvalue weighted by molar-refractivity contribution is 6.05. The zero-order valence-corrected chi connectivity index (χ0v) is 21.9. The average molecular weight is 497 g/mol. The highest BCUT2D eigenvalue weighted by Crippen LogP contribution is 2.36. The minimum absolute atomic E-state index is 0.134. The summed E-state index contributed by atoms with van der Waals surface area (Å²) in [6, 6.07) is 14.6. The fourth-order valence-corrected chi connectivity index (χ4v) is 3.96. The van der Waals surface area contributed by atoms with Crippen LogP contribution in [0.2, 0.25) is 0 Å². The summed E-state index contributed by atoms with van der Waals surface area (Å²) in [5, 5.41) is 9.15. The van der Waals surface area contributed by atoms with Gasteiger partial charge in [0.25, 0.3) is 5.91 Å². The van der Waals surface area contributed by atoms with Crippen LogP contribution in [0.1, 0.15) is 44.4 Å².